The van der Waals surface area contributed by atoms with Crippen LogP contribution < -0.4 is 14.3 Å². The Morgan fingerprint density at radius 1 is 1.00 bits per heavy atom. The number of hydrogen-bond acceptors (Lipinski definition) is 6. The summed E-state index contributed by atoms with van der Waals surface area (Å²) in [7, 11) is -4.01. The van der Waals surface area contributed by atoms with E-state index >= 15 is 0 Å². The monoisotopic (exact) mass is 468 g/mol. The van der Waals surface area contributed by atoms with Gasteiger partial charge in [0, 0.05) is 5.02 Å². The first-order valence-corrected chi connectivity index (χ1v) is 11.7. The Kier molecular flexibility index (Phi) is 4.77. The van der Waals surface area contributed by atoms with E-state index in [0.717, 1.165) is 11.0 Å². The summed E-state index contributed by atoms with van der Waals surface area (Å²) in [5.74, 6) is 0.142. The summed E-state index contributed by atoms with van der Waals surface area (Å²) in [5, 5.41) is 0.430. The van der Waals surface area contributed by atoms with Gasteiger partial charge in [-0.15, -0.1) is 0 Å². The second-order valence-corrected chi connectivity index (χ2v) is 9.69. The van der Waals surface area contributed by atoms with Gasteiger partial charge in [0.05, 0.1) is 15.6 Å². The molecule has 5 aromatic rings. The fourth-order valence-corrected chi connectivity index (χ4v) is 5.23. The average molecular weight is 469 g/mol. The van der Waals surface area contributed by atoms with Crippen molar-refractivity contribution in [3.63, 3.8) is 0 Å². The Morgan fingerprint density at radius 2 is 1.77 bits per heavy atom. The van der Waals surface area contributed by atoms with Gasteiger partial charge in [-0.1, -0.05) is 47.2 Å². The third-order valence-electron chi connectivity index (χ3n) is 4.61. The van der Waals surface area contributed by atoms with E-state index < -0.39 is 10.1 Å². The van der Waals surface area contributed by atoms with E-state index in [-0.39, 0.29) is 16.2 Å². The minimum atomic E-state index is -4.01. The molecular formula is C22H13ClN2O4S2. The van der Waals surface area contributed by atoms with Crippen molar-refractivity contribution in [2.45, 2.75) is 4.90 Å². The summed E-state index contributed by atoms with van der Waals surface area (Å²) in [6, 6.07) is 19.7. The molecule has 2 heterocycles. The molecule has 0 fully saturated rings. The summed E-state index contributed by atoms with van der Waals surface area (Å²) in [6.07, 6.45) is 1.69. The fraction of sp³-hybridized carbons (Fsp3) is 0. The molecule has 31 heavy (non-hydrogen) atoms. The van der Waals surface area contributed by atoms with Crippen molar-refractivity contribution in [2.24, 2.45) is 0 Å². The molecule has 3 aromatic carbocycles. The van der Waals surface area contributed by atoms with Crippen LogP contribution in [0.5, 0.6) is 5.75 Å². The number of rotatable bonds is 4. The number of halogens is 1. The lowest BCUT2D eigenvalue weighted by molar-refractivity contribution is 0.486. The zero-order valence-corrected chi connectivity index (χ0v) is 18.1. The second-order valence-electron chi connectivity index (χ2n) is 6.70. The largest absolute Gasteiger partial charge is 0.379 e. The van der Waals surface area contributed by atoms with Gasteiger partial charge in [-0.05, 0) is 60.2 Å². The topological polar surface area (TPSA) is 77.7 Å². The molecule has 154 valence electrons. The predicted molar refractivity (Wildman–Crippen MR) is 121 cm³/mol. The van der Waals surface area contributed by atoms with Crippen LogP contribution in [0.4, 0.5) is 0 Å². The van der Waals surface area contributed by atoms with Gasteiger partial charge in [0.15, 0.2) is 4.96 Å². The van der Waals surface area contributed by atoms with E-state index in [1.807, 2.05) is 24.3 Å². The number of nitrogens with zero attached hydrogens (tertiary/aromatic N) is 2. The minimum Gasteiger partial charge on any atom is -0.379 e. The van der Waals surface area contributed by atoms with Gasteiger partial charge < -0.3 is 4.18 Å². The summed E-state index contributed by atoms with van der Waals surface area (Å²) in [6.45, 7) is 0. The van der Waals surface area contributed by atoms with Crippen LogP contribution in [0.15, 0.2) is 82.5 Å². The molecule has 0 unspecified atom stereocenters. The molecule has 0 spiro atoms. The normalized spacial score (nSPS) is 12.6. The predicted octanol–water partition coefficient (Wildman–Crippen LogP) is 3.88. The van der Waals surface area contributed by atoms with E-state index in [9.17, 15) is 13.2 Å². The molecule has 0 aliphatic carbocycles. The van der Waals surface area contributed by atoms with E-state index in [1.54, 1.807) is 28.7 Å². The number of thiazole rings is 1. The van der Waals surface area contributed by atoms with Gasteiger partial charge in [-0.2, -0.15) is 8.42 Å². The quantitative estimate of drug-likeness (QED) is 0.374. The van der Waals surface area contributed by atoms with Crippen LogP contribution in [0.1, 0.15) is 5.56 Å². The summed E-state index contributed by atoms with van der Waals surface area (Å²) < 4.78 is 32.3. The van der Waals surface area contributed by atoms with Crippen LogP contribution in [0, 0.1) is 0 Å². The molecule has 0 saturated heterocycles. The van der Waals surface area contributed by atoms with Crippen LogP contribution in [0.3, 0.4) is 0 Å². The Balaban J connectivity index is 1.52. The number of benzene rings is 3. The summed E-state index contributed by atoms with van der Waals surface area (Å²) >= 11 is 7.09. The molecule has 6 nitrogen and oxygen atoms in total. The third-order valence-corrected chi connectivity index (χ3v) is 7.09. The van der Waals surface area contributed by atoms with Gasteiger partial charge in [-0.3, -0.25) is 4.79 Å². The number of imidazole rings is 1. The van der Waals surface area contributed by atoms with Crippen molar-refractivity contribution >= 4 is 55.1 Å². The highest BCUT2D eigenvalue weighted by Gasteiger charge is 2.17. The Hall–Kier alpha value is -3.20. The van der Waals surface area contributed by atoms with Crippen LogP contribution >= 0.6 is 22.9 Å². The van der Waals surface area contributed by atoms with Crippen molar-refractivity contribution in [3.8, 4) is 5.75 Å². The molecule has 0 radical (unpaired) electrons. The lowest BCUT2D eigenvalue weighted by Gasteiger charge is -2.07. The Bertz CT molecular complexity index is 1660. The number of aromatic nitrogens is 2. The van der Waals surface area contributed by atoms with Crippen LogP contribution in [0.2, 0.25) is 5.02 Å². The maximum Gasteiger partial charge on any atom is 0.339 e. The first kappa shape index (κ1) is 19.7. The van der Waals surface area contributed by atoms with Crippen molar-refractivity contribution < 1.29 is 12.6 Å². The fourth-order valence-electron chi connectivity index (χ4n) is 3.20. The van der Waals surface area contributed by atoms with Crippen LogP contribution in [-0.2, 0) is 10.1 Å². The van der Waals surface area contributed by atoms with E-state index in [1.165, 1.54) is 41.7 Å². The van der Waals surface area contributed by atoms with E-state index in [2.05, 4.69) is 4.98 Å². The minimum absolute atomic E-state index is 0.000476. The highest BCUT2D eigenvalue weighted by atomic mass is 35.5. The number of para-hydroxylation sites is 2. The standard InChI is InChI=1S/C22H13ClN2O4S2/c23-15-8-10-17(11-9-15)31(27,28)29-16-5-3-4-14(12-16)13-20-21(26)25-19-7-2-1-6-18(19)24-22(25)30-20/h1-13H. The van der Waals surface area contributed by atoms with Crippen molar-refractivity contribution in [1.82, 2.24) is 9.38 Å². The molecule has 5 rings (SSSR count). The molecule has 0 aliphatic heterocycles. The Labute approximate surface area is 185 Å². The first-order valence-electron chi connectivity index (χ1n) is 9.13. The van der Waals surface area contributed by atoms with E-state index in [4.69, 9.17) is 15.8 Å². The molecule has 0 atom stereocenters. The molecule has 0 saturated carbocycles. The van der Waals surface area contributed by atoms with Gasteiger partial charge in [0.25, 0.3) is 5.56 Å². The van der Waals surface area contributed by atoms with Crippen LogP contribution in [0.25, 0.3) is 22.1 Å². The zero-order valence-electron chi connectivity index (χ0n) is 15.7. The van der Waals surface area contributed by atoms with E-state index in [0.29, 0.717) is 20.1 Å². The van der Waals surface area contributed by atoms with Gasteiger partial charge in [0.2, 0.25) is 0 Å². The molecule has 0 N–H and O–H groups in total. The smallest absolute Gasteiger partial charge is 0.339 e. The van der Waals surface area contributed by atoms with Gasteiger partial charge in [-0.25, -0.2) is 9.38 Å². The lowest BCUT2D eigenvalue weighted by atomic mass is 10.2. The number of fused-ring (bicyclic) bond motifs is 3. The molecular weight excluding hydrogens is 456 g/mol. The molecule has 0 bridgehead atoms. The summed E-state index contributed by atoms with van der Waals surface area (Å²) in [5.41, 5.74) is 1.98. The maximum atomic E-state index is 12.9. The van der Waals surface area contributed by atoms with Gasteiger partial charge >= 0.3 is 10.1 Å². The van der Waals surface area contributed by atoms with Crippen molar-refractivity contribution in [1.29, 1.82) is 0 Å². The van der Waals surface area contributed by atoms with Gasteiger partial charge in [0.1, 0.15) is 10.6 Å². The lowest BCUT2D eigenvalue weighted by Crippen LogP contribution is -2.22. The van der Waals surface area contributed by atoms with Crippen molar-refractivity contribution in [2.75, 3.05) is 0 Å². The third kappa shape index (κ3) is 3.69. The first-order chi connectivity index (χ1) is 14.9. The molecule has 2 aromatic heterocycles. The highest BCUT2D eigenvalue weighted by molar-refractivity contribution is 7.87. The average Bonchev–Trinajstić information content (AvgIpc) is 3.24. The maximum absolute atomic E-state index is 12.9. The molecule has 0 amide bonds. The summed E-state index contributed by atoms with van der Waals surface area (Å²) in [4.78, 5) is 18.0. The zero-order chi connectivity index (χ0) is 21.6. The Morgan fingerprint density at radius 3 is 2.58 bits per heavy atom. The highest BCUT2D eigenvalue weighted by Crippen LogP contribution is 2.22. The second kappa shape index (κ2) is 7.49. The SMILES string of the molecule is O=c1c(=Cc2cccc(OS(=O)(=O)c3ccc(Cl)cc3)c2)sc2nc3ccccc3n12. The molecule has 9 heteroatoms. The number of hydrogen-bond donors (Lipinski definition) is 0. The van der Waals surface area contributed by atoms with Crippen LogP contribution in [-0.4, -0.2) is 17.8 Å². The molecule has 0 aliphatic rings. The van der Waals surface area contributed by atoms with Crippen molar-refractivity contribution in [3.05, 3.63) is 98.3 Å².